The third kappa shape index (κ3) is 6.76. The van der Waals surface area contributed by atoms with Crippen LogP contribution in [-0.4, -0.2) is 36.7 Å². The van der Waals surface area contributed by atoms with E-state index < -0.39 is 27.8 Å². The molecule has 3 N–H and O–H groups in total. The quantitative estimate of drug-likeness (QED) is 0.246. The number of allylic oxidation sites excluding steroid dienone is 2. The van der Waals surface area contributed by atoms with Crippen LogP contribution in [0.15, 0.2) is 57.1 Å². The van der Waals surface area contributed by atoms with Gasteiger partial charge in [-0.25, -0.2) is 13.2 Å². The van der Waals surface area contributed by atoms with Crippen molar-refractivity contribution in [2.24, 2.45) is 16.8 Å². The molecule has 0 fully saturated rings. The van der Waals surface area contributed by atoms with Gasteiger partial charge in [-0.05, 0) is 77.4 Å². The molecule has 42 heavy (non-hydrogen) atoms. The van der Waals surface area contributed by atoms with Crippen LogP contribution in [-0.2, 0) is 21.4 Å². The summed E-state index contributed by atoms with van der Waals surface area (Å²) in [5.74, 6) is -2.27. The Balaban J connectivity index is 1.82. The number of anilines is 2. The number of aliphatic imine (C=N–C) groups is 1. The number of halogens is 1. The van der Waals surface area contributed by atoms with E-state index >= 15 is 0 Å². The van der Waals surface area contributed by atoms with Gasteiger partial charge in [-0.1, -0.05) is 38.5 Å². The fourth-order valence-electron chi connectivity index (χ4n) is 5.90. The minimum atomic E-state index is -3.73. The summed E-state index contributed by atoms with van der Waals surface area (Å²) in [6.45, 7) is 5.77. The molecule has 11 heteroatoms. The first-order valence-electron chi connectivity index (χ1n) is 14.1. The molecule has 2 aromatic carbocycles. The number of hydrogen-bond acceptors (Lipinski definition) is 7. The highest BCUT2D eigenvalue weighted by atomic mass is 79.9. The Morgan fingerprint density at radius 3 is 2.60 bits per heavy atom. The predicted molar refractivity (Wildman–Crippen MR) is 167 cm³/mol. The van der Waals surface area contributed by atoms with Crippen molar-refractivity contribution in [2.75, 3.05) is 15.8 Å². The highest BCUT2D eigenvalue weighted by molar-refractivity contribution is 9.10. The van der Waals surface area contributed by atoms with Gasteiger partial charge in [-0.2, -0.15) is 5.26 Å². The third-order valence-electron chi connectivity index (χ3n) is 7.72. The van der Waals surface area contributed by atoms with Gasteiger partial charge in [0.15, 0.2) is 5.78 Å². The van der Waals surface area contributed by atoms with Gasteiger partial charge in [0, 0.05) is 40.3 Å². The molecule has 0 aromatic heterocycles. The van der Waals surface area contributed by atoms with Gasteiger partial charge in [0.25, 0.3) is 0 Å². The zero-order chi connectivity index (χ0) is 30.6. The smallest absolute Gasteiger partial charge is 0.336 e. The topological polar surface area (TPSA) is 149 Å². The van der Waals surface area contributed by atoms with Crippen molar-refractivity contribution < 1.29 is 23.1 Å². The molecule has 2 aliphatic rings. The van der Waals surface area contributed by atoms with E-state index in [9.17, 15) is 28.4 Å². The molecule has 3 unspecified atom stereocenters. The first-order chi connectivity index (χ1) is 20.0. The molecule has 9 nitrogen and oxygen atoms in total. The van der Waals surface area contributed by atoms with Crippen LogP contribution in [0.1, 0.15) is 80.3 Å². The van der Waals surface area contributed by atoms with Gasteiger partial charge in [0.2, 0.25) is 10.0 Å². The molecular formula is C31H35BrN4O5S. The number of hydrogen-bond donors (Lipinski definition) is 3. The molecule has 4 rings (SSSR count). The van der Waals surface area contributed by atoms with Crippen LogP contribution in [0.2, 0.25) is 0 Å². The Hall–Kier alpha value is -3.49. The number of Topliss-reactive ketones (excluding diaryl/α,β-unsaturated/α-hetero) is 1. The molecule has 0 bridgehead atoms. The van der Waals surface area contributed by atoms with Crippen molar-refractivity contribution in [1.29, 1.82) is 5.26 Å². The van der Waals surface area contributed by atoms with Crippen LogP contribution in [0.4, 0.5) is 11.4 Å². The molecule has 1 aliphatic carbocycles. The number of carbonyl (C=O) groups excluding carboxylic acids is 1. The Morgan fingerprint density at radius 1 is 1.19 bits per heavy atom. The Labute approximate surface area is 255 Å². The van der Waals surface area contributed by atoms with Gasteiger partial charge < -0.3 is 10.4 Å². The summed E-state index contributed by atoms with van der Waals surface area (Å²) in [6.07, 6.45) is 3.36. The van der Waals surface area contributed by atoms with E-state index in [0.29, 0.717) is 51.8 Å². The van der Waals surface area contributed by atoms with E-state index in [1.807, 2.05) is 0 Å². The van der Waals surface area contributed by atoms with E-state index in [0.717, 1.165) is 18.5 Å². The molecule has 0 saturated carbocycles. The average Bonchev–Trinajstić information content (AvgIpc) is 2.91. The zero-order valence-electron chi connectivity index (χ0n) is 23.9. The number of rotatable bonds is 11. The number of aromatic carboxylic acids is 1. The van der Waals surface area contributed by atoms with E-state index in [2.05, 4.69) is 39.0 Å². The predicted octanol–water partition coefficient (Wildman–Crippen LogP) is 6.64. The zero-order valence-corrected chi connectivity index (χ0v) is 26.3. The van der Waals surface area contributed by atoms with E-state index in [1.54, 1.807) is 44.2 Å². The van der Waals surface area contributed by atoms with Gasteiger partial charge in [-0.3, -0.25) is 14.5 Å². The van der Waals surface area contributed by atoms with Crippen LogP contribution in [0.25, 0.3) is 0 Å². The van der Waals surface area contributed by atoms with Gasteiger partial charge in [0.1, 0.15) is 0 Å². The lowest BCUT2D eigenvalue weighted by Crippen LogP contribution is -2.33. The number of nitrogens with zero attached hydrogens (tertiary/aromatic N) is 2. The molecule has 1 heterocycles. The molecule has 0 spiro atoms. The maximum atomic E-state index is 13.5. The summed E-state index contributed by atoms with van der Waals surface area (Å²) >= 11 is 3.59. The van der Waals surface area contributed by atoms with Crippen molar-refractivity contribution in [3.63, 3.8) is 0 Å². The standard InChI is InChI=1S/C31H35BrN4O5S/c1-4-8-19-12-25-29(27(37)13-19)28(23(16-33)18(3)35-25)21-14-24(32)30(26(15-21)36-42(40,41)11-5-2)34-17-20-9-6-7-10-22(20)31(38)39/h6-7,9-10,14-15,19,23,28,34,36H,4-5,8,11-13,17H2,1-3H3,(H,38,39). The summed E-state index contributed by atoms with van der Waals surface area (Å²) in [6, 6.07) is 12.4. The van der Waals surface area contributed by atoms with Crippen LogP contribution < -0.4 is 10.0 Å². The number of carboxylic acids is 1. The second-order valence-electron chi connectivity index (χ2n) is 10.8. The Kier molecular flexibility index (Phi) is 9.89. The molecule has 3 atom stereocenters. The number of ketones is 1. The fraction of sp³-hybridized carbons (Fsp3) is 0.419. The first kappa shape index (κ1) is 31.4. The number of nitriles is 1. The third-order valence-corrected chi connectivity index (χ3v) is 9.82. The van der Waals surface area contributed by atoms with E-state index in [4.69, 9.17) is 4.99 Å². The maximum Gasteiger partial charge on any atom is 0.336 e. The number of carbonyl (C=O) groups is 2. The largest absolute Gasteiger partial charge is 0.478 e. The molecular weight excluding hydrogens is 620 g/mol. The summed E-state index contributed by atoms with van der Waals surface area (Å²) < 4.78 is 29.1. The van der Waals surface area contributed by atoms with Crippen LogP contribution in [0.3, 0.4) is 0 Å². The molecule has 1 aliphatic heterocycles. The molecule has 0 radical (unpaired) electrons. The molecule has 0 amide bonds. The Morgan fingerprint density at radius 2 is 1.93 bits per heavy atom. The normalized spacial score (nSPS) is 20.4. The lowest BCUT2D eigenvalue weighted by molar-refractivity contribution is -0.117. The minimum Gasteiger partial charge on any atom is -0.478 e. The summed E-state index contributed by atoms with van der Waals surface area (Å²) in [5.41, 5.74) is 3.81. The Bertz CT molecular complexity index is 1610. The highest BCUT2D eigenvalue weighted by Crippen LogP contribution is 2.47. The van der Waals surface area contributed by atoms with E-state index in [1.165, 1.54) is 6.07 Å². The highest BCUT2D eigenvalue weighted by Gasteiger charge is 2.41. The van der Waals surface area contributed by atoms with Crippen molar-refractivity contribution >= 4 is 54.8 Å². The van der Waals surface area contributed by atoms with Crippen LogP contribution in [0, 0.1) is 23.2 Å². The van der Waals surface area contributed by atoms with Crippen molar-refractivity contribution in [1.82, 2.24) is 0 Å². The van der Waals surface area contributed by atoms with Gasteiger partial charge in [-0.15, -0.1) is 0 Å². The number of benzene rings is 2. The number of carboxylic acid groups (broad SMARTS) is 1. The summed E-state index contributed by atoms with van der Waals surface area (Å²) in [5, 5.41) is 23.0. The van der Waals surface area contributed by atoms with Crippen molar-refractivity contribution in [3.05, 3.63) is 68.8 Å². The SMILES string of the molecule is CCCC1CC(=O)C2=C(C1)N=C(C)C(C#N)C2c1cc(Br)c(NCc2ccccc2C(=O)O)c(NS(=O)(=O)CCC)c1. The lowest BCUT2D eigenvalue weighted by atomic mass is 9.70. The van der Waals surface area contributed by atoms with Crippen LogP contribution >= 0.6 is 15.9 Å². The average molecular weight is 656 g/mol. The van der Waals surface area contributed by atoms with Crippen LogP contribution in [0.5, 0.6) is 0 Å². The van der Waals surface area contributed by atoms with Gasteiger partial charge >= 0.3 is 5.97 Å². The lowest BCUT2D eigenvalue weighted by Gasteiger charge is -2.35. The second kappa shape index (κ2) is 13.2. The van der Waals surface area contributed by atoms with Crippen molar-refractivity contribution in [3.8, 4) is 6.07 Å². The molecule has 2 aromatic rings. The maximum absolute atomic E-state index is 13.5. The number of nitrogens with one attached hydrogen (secondary N) is 2. The first-order valence-corrected chi connectivity index (χ1v) is 16.5. The van der Waals surface area contributed by atoms with Gasteiger partial charge in [0.05, 0.1) is 34.7 Å². The van der Waals surface area contributed by atoms with E-state index in [-0.39, 0.29) is 35.2 Å². The number of sulfonamides is 1. The fourth-order valence-corrected chi connectivity index (χ4v) is 7.65. The monoisotopic (exact) mass is 654 g/mol. The molecule has 0 saturated heterocycles. The van der Waals surface area contributed by atoms with Crippen molar-refractivity contribution in [2.45, 2.75) is 65.3 Å². The second-order valence-corrected chi connectivity index (χ2v) is 13.5. The minimum absolute atomic E-state index is 0.0204. The molecule has 222 valence electrons. The summed E-state index contributed by atoms with van der Waals surface area (Å²) in [4.78, 5) is 30.0. The summed E-state index contributed by atoms with van der Waals surface area (Å²) in [7, 11) is -3.73.